The summed E-state index contributed by atoms with van der Waals surface area (Å²) in [4.78, 5) is 12.3. The van der Waals surface area contributed by atoms with Gasteiger partial charge in [-0.05, 0) is 43.1 Å². The molecule has 1 aliphatic heterocycles. The normalized spacial score (nSPS) is 21.2. The van der Waals surface area contributed by atoms with Crippen LogP contribution in [-0.4, -0.2) is 42.9 Å². The SMILES string of the molecule is O=C(NCC1CC1)C(O)C(NCc1ccccc1)C1CCOCC1. The molecule has 5 heteroatoms. The van der Waals surface area contributed by atoms with E-state index in [1.54, 1.807) is 0 Å². The summed E-state index contributed by atoms with van der Waals surface area (Å²) in [7, 11) is 0. The fourth-order valence-corrected chi connectivity index (χ4v) is 3.28. The summed E-state index contributed by atoms with van der Waals surface area (Å²) < 4.78 is 5.43. The highest BCUT2D eigenvalue weighted by Gasteiger charge is 2.34. The van der Waals surface area contributed by atoms with Crippen LogP contribution in [0, 0.1) is 11.8 Å². The number of carbonyl (C=O) groups is 1. The molecule has 1 saturated heterocycles. The van der Waals surface area contributed by atoms with Gasteiger partial charge >= 0.3 is 0 Å². The monoisotopic (exact) mass is 332 g/mol. The highest BCUT2D eigenvalue weighted by molar-refractivity contribution is 5.81. The molecule has 2 atom stereocenters. The van der Waals surface area contributed by atoms with Gasteiger partial charge in [0, 0.05) is 32.3 Å². The molecule has 1 aromatic carbocycles. The topological polar surface area (TPSA) is 70.6 Å². The molecular weight excluding hydrogens is 304 g/mol. The Labute approximate surface area is 143 Å². The van der Waals surface area contributed by atoms with Crippen LogP contribution in [0.4, 0.5) is 0 Å². The maximum absolute atomic E-state index is 12.3. The van der Waals surface area contributed by atoms with Crippen LogP contribution < -0.4 is 10.6 Å². The van der Waals surface area contributed by atoms with E-state index in [1.165, 1.54) is 12.8 Å². The minimum atomic E-state index is -1.02. The Hall–Kier alpha value is -1.43. The standard InChI is InChI=1S/C19H28N2O3/c22-18(19(23)21-13-15-6-7-15)17(16-8-10-24-11-9-16)20-12-14-4-2-1-3-5-14/h1-5,15-18,20,22H,6-13H2,(H,21,23). The van der Waals surface area contributed by atoms with Gasteiger partial charge in [0.05, 0.1) is 0 Å². The van der Waals surface area contributed by atoms with Crippen LogP contribution in [0.25, 0.3) is 0 Å². The van der Waals surface area contributed by atoms with Gasteiger partial charge in [0.15, 0.2) is 0 Å². The number of ether oxygens (including phenoxy) is 1. The lowest BCUT2D eigenvalue weighted by molar-refractivity contribution is -0.132. The van der Waals surface area contributed by atoms with Crippen molar-refractivity contribution in [2.45, 2.75) is 44.4 Å². The first-order chi connectivity index (χ1) is 11.7. The quantitative estimate of drug-likeness (QED) is 0.674. The van der Waals surface area contributed by atoms with Crippen molar-refractivity contribution in [3.8, 4) is 0 Å². The zero-order valence-corrected chi connectivity index (χ0v) is 14.1. The molecule has 1 saturated carbocycles. The number of amides is 1. The number of benzene rings is 1. The highest BCUT2D eigenvalue weighted by atomic mass is 16.5. The van der Waals surface area contributed by atoms with Crippen molar-refractivity contribution >= 4 is 5.91 Å². The molecule has 0 radical (unpaired) electrons. The van der Waals surface area contributed by atoms with Gasteiger partial charge in [0.25, 0.3) is 0 Å². The Kier molecular flexibility index (Phi) is 6.24. The van der Waals surface area contributed by atoms with E-state index in [9.17, 15) is 9.90 Å². The molecule has 1 amide bonds. The third kappa shape index (κ3) is 5.03. The lowest BCUT2D eigenvalue weighted by Gasteiger charge is -2.33. The lowest BCUT2D eigenvalue weighted by atomic mass is 9.87. The smallest absolute Gasteiger partial charge is 0.250 e. The molecule has 2 fully saturated rings. The molecule has 1 aliphatic carbocycles. The molecule has 1 heterocycles. The average Bonchev–Trinajstić information content (AvgIpc) is 3.46. The first-order valence-electron chi connectivity index (χ1n) is 9.05. The van der Waals surface area contributed by atoms with E-state index < -0.39 is 6.10 Å². The minimum Gasteiger partial charge on any atom is -0.382 e. The van der Waals surface area contributed by atoms with Crippen LogP contribution in [0.5, 0.6) is 0 Å². The third-order valence-corrected chi connectivity index (χ3v) is 5.03. The molecule has 1 aromatic rings. The second-order valence-electron chi connectivity index (χ2n) is 6.98. The summed E-state index contributed by atoms with van der Waals surface area (Å²) >= 11 is 0. The highest BCUT2D eigenvalue weighted by Crippen LogP contribution is 2.27. The van der Waals surface area contributed by atoms with E-state index in [2.05, 4.69) is 10.6 Å². The van der Waals surface area contributed by atoms with Gasteiger partial charge in [-0.15, -0.1) is 0 Å². The Morgan fingerprint density at radius 1 is 1.17 bits per heavy atom. The van der Waals surface area contributed by atoms with Gasteiger partial charge in [-0.3, -0.25) is 4.79 Å². The zero-order chi connectivity index (χ0) is 16.8. The molecule has 3 N–H and O–H groups in total. The molecule has 2 unspecified atom stereocenters. The first-order valence-corrected chi connectivity index (χ1v) is 9.05. The van der Waals surface area contributed by atoms with E-state index in [4.69, 9.17) is 4.74 Å². The van der Waals surface area contributed by atoms with Gasteiger partial charge in [-0.25, -0.2) is 0 Å². The van der Waals surface area contributed by atoms with Crippen LogP contribution in [0.3, 0.4) is 0 Å². The van der Waals surface area contributed by atoms with E-state index >= 15 is 0 Å². The largest absolute Gasteiger partial charge is 0.382 e. The zero-order valence-electron chi connectivity index (χ0n) is 14.1. The van der Waals surface area contributed by atoms with Crippen molar-refractivity contribution < 1.29 is 14.6 Å². The van der Waals surface area contributed by atoms with Gasteiger partial charge in [-0.2, -0.15) is 0 Å². The van der Waals surface area contributed by atoms with Crippen LogP contribution in [0.2, 0.25) is 0 Å². The third-order valence-electron chi connectivity index (χ3n) is 5.03. The number of aliphatic hydroxyl groups excluding tert-OH is 1. The van der Waals surface area contributed by atoms with Crippen molar-refractivity contribution in [3.63, 3.8) is 0 Å². The average molecular weight is 332 g/mol. The Balaban J connectivity index is 1.59. The summed E-state index contributed by atoms with van der Waals surface area (Å²) in [5.41, 5.74) is 1.15. The van der Waals surface area contributed by atoms with Crippen molar-refractivity contribution in [1.82, 2.24) is 10.6 Å². The summed E-state index contributed by atoms with van der Waals surface area (Å²) in [6, 6.07) is 9.84. The number of aliphatic hydroxyl groups is 1. The van der Waals surface area contributed by atoms with Crippen LogP contribution in [-0.2, 0) is 16.1 Å². The number of hydrogen-bond acceptors (Lipinski definition) is 4. The predicted octanol–water partition coefficient (Wildman–Crippen LogP) is 1.46. The van der Waals surface area contributed by atoms with Gasteiger partial charge in [0.2, 0.25) is 5.91 Å². The number of rotatable bonds is 8. The molecule has 0 spiro atoms. The fourth-order valence-electron chi connectivity index (χ4n) is 3.28. The molecule has 0 aromatic heterocycles. The predicted molar refractivity (Wildman–Crippen MR) is 92.4 cm³/mol. The lowest BCUT2D eigenvalue weighted by Crippen LogP contribution is -2.53. The van der Waals surface area contributed by atoms with Crippen molar-refractivity contribution in [3.05, 3.63) is 35.9 Å². The molecule has 2 aliphatic rings. The molecular formula is C19H28N2O3. The summed E-state index contributed by atoms with van der Waals surface area (Å²) in [5.74, 6) is 0.614. The summed E-state index contributed by atoms with van der Waals surface area (Å²) in [5, 5.41) is 17.0. The van der Waals surface area contributed by atoms with Crippen molar-refractivity contribution in [2.24, 2.45) is 11.8 Å². The van der Waals surface area contributed by atoms with Gasteiger partial charge < -0.3 is 20.5 Å². The van der Waals surface area contributed by atoms with E-state index in [1.807, 2.05) is 30.3 Å². The minimum absolute atomic E-state index is 0.242. The Morgan fingerprint density at radius 3 is 2.54 bits per heavy atom. The maximum Gasteiger partial charge on any atom is 0.250 e. The summed E-state index contributed by atoms with van der Waals surface area (Å²) in [6.45, 7) is 2.74. The number of nitrogens with one attached hydrogen (secondary N) is 2. The Bertz CT molecular complexity index is 513. The molecule has 24 heavy (non-hydrogen) atoms. The van der Waals surface area contributed by atoms with E-state index in [-0.39, 0.29) is 17.9 Å². The van der Waals surface area contributed by atoms with Crippen molar-refractivity contribution in [2.75, 3.05) is 19.8 Å². The fraction of sp³-hybridized carbons (Fsp3) is 0.632. The van der Waals surface area contributed by atoms with E-state index in [0.29, 0.717) is 32.2 Å². The second kappa shape index (κ2) is 8.60. The molecule has 132 valence electrons. The van der Waals surface area contributed by atoms with Crippen LogP contribution in [0.1, 0.15) is 31.2 Å². The van der Waals surface area contributed by atoms with Crippen LogP contribution >= 0.6 is 0 Å². The van der Waals surface area contributed by atoms with Gasteiger partial charge in [0.1, 0.15) is 6.10 Å². The number of hydrogen-bond donors (Lipinski definition) is 3. The van der Waals surface area contributed by atoms with Crippen molar-refractivity contribution in [1.29, 1.82) is 0 Å². The van der Waals surface area contributed by atoms with Gasteiger partial charge in [-0.1, -0.05) is 30.3 Å². The van der Waals surface area contributed by atoms with Crippen LogP contribution in [0.15, 0.2) is 30.3 Å². The molecule has 0 bridgehead atoms. The maximum atomic E-state index is 12.3. The molecule has 5 nitrogen and oxygen atoms in total. The number of carbonyl (C=O) groups excluding carboxylic acids is 1. The summed E-state index contributed by atoms with van der Waals surface area (Å²) in [6.07, 6.45) is 3.10. The Morgan fingerprint density at radius 2 is 1.88 bits per heavy atom. The van der Waals surface area contributed by atoms with E-state index in [0.717, 1.165) is 18.4 Å². The molecule has 3 rings (SSSR count). The second-order valence-corrected chi connectivity index (χ2v) is 6.98. The first kappa shape index (κ1) is 17.4.